The number of piperazine rings is 3. The van der Waals surface area contributed by atoms with Gasteiger partial charge in [-0.15, -0.1) is 0 Å². The molecule has 3 aromatic heterocycles. The van der Waals surface area contributed by atoms with E-state index in [4.69, 9.17) is 48.9 Å². The maximum Gasteiger partial charge on any atom is 0.421 e. The highest BCUT2D eigenvalue weighted by Gasteiger charge is 2.45. The molecule has 2 unspecified atom stereocenters. The molecular formula is C87H99F12N21O6. The van der Waals surface area contributed by atoms with Crippen LogP contribution in [0.5, 0.6) is 18.0 Å². The van der Waals surface area contributed by atoms with Crippen LogP contribution in [0.2, 0.25) is 0 Å². The molecule has 0 saturated carbocycles. The van der Waals surface area contributed by atoms with Crippen LogP contribution in [0.4, 0.5) is 87.2 Å². The van der Waals surface area contributed by atoms with Crippen molar-refractivity contribution in [3.63, 3.8) is 0 Å². The highest BCUT2D eigenvalue weighted by Crippen LogP contribution is 2.45. The number of carbonyl (C=O) groups excluding carboxylic acids is 3. The molecule has 672 valence electrons. The van der Waals surface area contributed by atoms with Crippen LogP contribution in [0.25, 0.3) is 14.5 Å². The summed E-state index contributed by atoms with van der Waals surface area (Å²) in [6.07, 6.45) is -3.56. The monoisotopic (exact) mass is 1760 g/mol. The first-order chi connectivity index (χ1) is 60.3. The lowest BCUT2D eigenvalue weighted by Crippen LogP contribution is -2.56. The van der Waals surface area contributed by atoms with E-state index in [2.05, 4.69) is 63.9 Å². The zero-order valence-corrected chi connectivity index (χ0v) is 70.2. The molecule has 12 heterocycles. The number of ether oxygens (including phenoxy) is 3. The van der Waals surface area contributed by atoms with Crippen molar-refractivity contribution in [3.8, 4) is 18.0 Å². The molecular weight excluding hydrogens is 1660 g/mol. The van der Waals surface area contributed by atoms with E-state index in [1.807, 2.05) is 35.8 Å². The Bertz CT molecular complexity index is 5110. The third kappa shape index (κ3) is 21.0. The van der Waals surface area contributed by atoms with Crippen molar-refractivity contribution in [2.45, 2.75) is 132 Å². The number of rotatable bonds is 21. The molecule has 0 spiro atoms. The van der Waals surface area contributed by atoms with E-state index >= 15 is 0 Å². The highest BCUT2D eigenvalue weighted by molar-refractivity contribution is 5.89. The average molecular weight is 1760 g/mol. The Kier molecular flexibility index (Phi) is 29.1. The van der Waals surface area contributed by atoms with Crippen LogP contribution in [0, 0.1) is 37.2 Å². The van der Waals surface area contributed by atoms with Crippen LogP contribution in [-0.4, -0.2) is 272 Å². The molecule has 126 heavy (non-hydrogen) atoms. The minimum absolute atomic E-state index is 0.0114. The van der Waals surface area contributed by atoms with E-state index in [1.54, 1.807) is 19.6 Å². The number of benzene rings is 3. The molecule has 0 radical (unpaired) electrons. The fourth-order valence-electron chi connectivity index (χ4n) is 18.1. The number of carbonyl (C=O) groups is 3. The fourth-order valence-corrected chi connectivity index (χ4v) is 18.1. The third-order valence-electron chi connectivity index (χ3n) is 24.8. The zero-order valence-electron chi connectivity index (χ0n) is 70.2. The van der Waals surface area contributed by atoms with Crippen molar-refractivity contribution in [1.82, 2.24) is 59.3 Å². The smallest absolute Gasteiger partial charge is 0.421 e. The van der Waals surface area contributed by atoms with Crippen LogP contribution in [-0.2, 0) is 71.8 Å². The van der Waals surface area contributed by atoms with Crippen molar-refractivity contribution >= 4 is 52.2 Å². The average Bonchev–Trinajstić information content (AvgIpc) is 0.875. The first-order valence-electron chi connectivity index (χ1n) is 41.8. The summed E-state index contributed by atoms with van der Waals surface area (Å²) in [5, 5.41) is 0. The lowest BCUT2D eigenvalue weighted by atomic mass is 10.0. The number of anilines is 6. The Morgan fingerprint density at radius 3 is 1.15 bits per heavy atom. The van der Waals surface area contributed by atoms with Crippen molar-refractivity contribution in [3.05, 3.63) is 195 Å². The summed E-state index contributed by atoms with van der Waals surface area (Å²) in [6.45, 7) is 41.2. The minimum Gasteiger partial charge on any atom is -0.462 e. The molecule has 6 saturated heterocycles. The molecule has 9 aliphatic heterocycles. The number of aromatic nitrogens is 6. The topological polar surface area (TPSA) is 208 Å². The number of hydrogen-bond acceptors (Lipinski definition) is 21. The van der Waals surface area contributed by atoms with E-state index in [-0.39, 0.29) is 143 Å². The highest BCUT2D eigenvalue weighted by atomic mass is 19.4. The number of likely N-dealkylation sites (tertiary alicyclic amines) is 3. The largest absolute Gasteiger partial charge is 0.462 e. The second-order valence-corrected chi connectivity index (χ2v) is 32.5. The van der Waals surface area contributed by atoms with Gasteiger partial charge in [0.1, 0.15) is 78.4 Å². The summed E-state index contributed by atoms with van der Waals surface area (Å²) < 4.78 is 186. The fraction of sp³-hybridized carbons (Fsp3) is 0.517. The van der Waals surface area contributed by atoms with Crippen molar-refractivity contribution in [1.29, 1.82) is 0 Å². The van der Waals surface area contributed by atoms with Crippen LogP contribution < -0.4 is 43.6 Å². The van der Waals surface area contributed by atoms with Gasteiger partial charge in [0.15, 0.2) is 0 Å². The van der Waals surface area contributed by atoms with Gasteiger partial charge in [-0.1, -0.05) is 31.9 Å². The summed E-state index contributed by atoms with van der Waals surface area (Å²) in [5.41, 5.74) is -0.422. The standard InChI is InChI=1S/3C29H33F4N7O2/c1-4-25(41)40-14-13-39(16-20(40)15-34-2)27-21-10-12-38(24-9-5-8-22(30)26(24)29(31,32)33)17-23(21)35-28(36-27)42-18-19-7-6-11-37(19)3;1-4-25(41)40-14-13-39(16-20(40)15-34-2)27-21-10-12-38(26-22(29(31,32)33)8-5-9-23(26)30)17-24(21)35-28(36-27)42-18-19-7-6-11-37(19)3;1-4-26(41)40-13-12-39(16-21(40)15-34-2)27-22-9-11-38(25-8-7-19(30)14-23(25)29(31,32)33)17-24(22)35-28(36-27)42-18-20-6-5-10-37(20)3/h2*4-5,8-9,19-20H,1,6-7,10-18H2,3H3;4,7-8,14,20-21H,1,5-6,9-13,15-18H2,3H3/t19-,20+;19-,20?;20-,21?/m100/s1. The Balaban J connectivity index is 0.000000162. The first kappa shape index (κ1) is 91.9. The van der Waals surface area contributed by atoms with Crippen LogP contribution in [0.3, 0.4) is 0 Å². The molecule has 0 bridgehead atoms. The molecule has 0 aliphatic carbocycles. The van der Waals surface area contributed by atoms with E-state index in [0.717, 1.165) is 111 Å². The Hall–Kier alpha value is -11.8. The third-order valence-corrected chi connectivity index (χ3v) is 24.8. The van der Waals surface area contributed by atoms with Crippen molar-refractivity contribution in [2.24, 2.45) is 0 Å². The molecule has 6 fully saturated rings. The molecule has 15 rings (SSSR count). The molecule has 6 aromatic rings. The van der Waals surface area contributed by atoms with E-state index in [9.17, 15) is 67.1 Å². The minimum atomic E-state index is -4.86. The van der Waals surface area contributed by atoms with Crippen LogP contribution in [0.15, 0.2) is 92.6 Å². The van der Waals surface area contributed by atoms with Gasteiger partial charge in [-0.2, -0.15) is 69.4 Å². The number of likely N-dealkylation sites (N-methyl/N-ethyl adjacent to an activating group) is 3. The van der Waals surface area contributed by atoms with Gasteiger partial charge in [-0.3, -0.25) is 14.4 Å². The molecule has 0 N–H and O–H groups in total. The Morgan fingerprint density at radius 2 is 0.794 bits per heavy atom. The summed E-state index contributed by atoms with van der Waals surface area (Å²) in [4.78, 5) is 98.0. The molecule has 39 heteroatoms. The normalized spacial score (nSPS) is 21.2. The van der Waals surface area contributed by atoms with Gasteiger partial charge < -0.3 is 87.5 Å². The predicted octanol–water partition coefficient (Wildman–Crippen LogP) is 11.4. The number of amides is 3. The number of halogens is 12. The van der Waals surface area contributed by atoms with Crippen molar-refractivity contribution in [2.75, 3.05) is 188 Å². The van der Waals surface area contributed by atoms with Gasteiger partial charge in [0.25, 0.3) is 0 Å². The predicted molar refractivity (Wildman–Crippen MR) is 446 cm³/mol. The number of para-hydroxylation sites is 1. The Labute approximate surface area is 722 Å². The number of alkyl halides is 9. The van der Waals surface area contributed by atoms with Gasteiger partial charge in [0.2, 0.25) is 37.4 Å². The van der Waals surface area contributed by atoms with Gasteiger partial charge in [0, 0.05) is 119 Å². The van der Waals surface area contributed by atoms with Crippen molar-refractivity contribution < 1.29 is 81.3 Å². The first-order valence-corrected chi connectivity index (χ1v) is 41.8. The van der Waals surface area contributed by atoms with E-state index < -0.39 is 64.4 Å². The SMILES string of the molecule is [C-]#[N+]CC1CN(c2nc(OC[C@@H]3CCCN3C)nc3c2CCN(c2c(F)cccc2C(F)(F)F)C3)CCN1C(=O)C=C.[C-]#[N+]CC1CN(c2nc(OC[C@@H]3CCCN3C)nc3c2CCN(c2ccc(F)cc2C(F)(F)F)C3)CCN1C(=O)C=C.[C-]#[N+]C[C@H]1CN(c2nc(OC[C@H]3CCCN3C)nc3c2CCN(c2cccc(F)c2C(F)(F)F)C3)CCN1C(=O)C=C. The number of fused-ring (bicyclic) bond motifs is 3. The number of hydrogen-bond donors (Lipinski definition) is 0. The quantitative estimate of drug-likeness (QED) is 0.0373. The summed E-state index contributed by atoms with van der Waals surface area (Å²) in [6, 6.07) is 8.81. The van der Waals surface area contributed by atoms with Crippen LogP contribution >= 0.6 is 0 Å². The van der Waals surface area contributed by atoms with E-state index in [1.165, 1.54) is 40.2 Å². The maximum absolute atomic E-state index is 14.9. The molecule has 9 aliphatic rings. The second kappa shape index (κ2) is 39.8. The molecule has 3 aromatic carbocycles. The Morgan fingerprint density at radius 1 is 0.429 bits per heavy atom. The van der Waals surface area contributed by atoms with E-state index in [0.29, 0.717) is 132 Å². The zero-order chi connectivity index (χ0) is 90.1. The van der Waals surface area contributed by atoms with Gasteiger partial charge >= 0.3 is 36.6 Å². The summed E-state index contributed by atoms with van der Waals surface area (Å²) >= 11 is 0. The lowest BCUT2D eigenvalue weighted by molar-refractivity contribution is -0.140. The molecule has 3 amide bonds. The second-order valence-electron chi connectivity index (χ2n) is 32.5. The molecule has 6 atom stereocenters. The lowest BCUT2D eigenvalue weighted by Gasteiger charge is -2.41. The number of nitrogens with zero attached hydrogens (tertiary/aromatic N) is 21. The summed E-state index contributed by atoms with van der Waals surface area (Å²) in [5.74, 6) is -2.21. The summed E-state index contributed by atoms with van der Waals surface area (Å²) in [7, 11) is 6.07. The van der Waals surface area contributed by atoms with Gasteiger partial charge in [-0.05, 0) is 159 Å². The van der Waals surface area contributed by atoms with Gasteiger partial charge in [-0.25, -0.2) is 32.9 Å². The van der Waals surface area contributed by atoms with Crippen LogP contribution in [0.1, 0.15) is 89.0 Å². The molecule has 27 nitrogen and oxygen atoms in total. The van der Waals surface area contributed by atoms with Gasteiger partial charge in [0.05, 0.1) is 59.2 Å². The maximum atomic E-state index is 14.9.